The van der Waals surface area contributed by atoms with Gasteiger partial charge in [0.1, 0.15) is 11.4 Å². The lowest BCUT2D eigenvalue weighted by molar-refractivity contribution is -0.163. The molecule has 19 heavy (non-hydrogen) atoms. The largest absolute Gasteiger partial charge is 0.458 e. The summed E-state index contributed by atoms with van der Waals surface area (Å²) in [6.45, 7) is 5.45. The van der Waals surface area contributed by atoms with Crippen LogP contribution in [0.2, 0.25) is 0 Å². The minimum absolute atomic E-state index is 0.419. The Balaban J connectivity index is 3.02. The molecule has 1 aromatic heterocycles. The van der Waals surface area contributed by atoms with Gasteiger partial charge in [0, 0.05) is 0 Å². The molecule has 0 radical (unpaired) electrons. The van der Waals surface area contributed by atoms with Crippen LogP contribution < -0.4 is 5.73 Å². The third kappa shape index (κ3) is 4.54. The lowest BCUT2D eigenvalue weighted by Gasteiger charge is -2.29. The molecule has 0 spiro atoms. The molecule has 4 nitrogen and oxygen atoms in total. The molecule has 1 rings (SSSR count). The SMILES string of the molecule is CSCCC(N)(C(=O)OC(C)(C)C)c1ccc(Br)o1. The van der Waals surface area contributed by atoms with Crippen molar-refractivity contribution in [2.24, 2.45) is 5.73 Å². The predicted octanol–water partition coefficient (Wildman–Crippen LogP) is 3.29. The average Bonchev–Trinajstić information content (AvgIpc) is 2.70. The van der Waals surface area contributed by atoms with Crippen LogP contribution in [-0.2, 0) is 15.1 Å². The van der Waals surface area contributed by atoms with E-state index >= 15 is 0 Å². The van der Waals surface area contributed by atoms with Crippen molar-refractivity contribution in [3.8, 4) is 0 Å². The zero-order chi connectivity index (χ0) is 14.7. The first-order chi connectivity index (χ1) is 8.69. The van der Waals surface area contributed by atoms with E-state index in [2.05, 4.69) is 15.9 Å². The molecule has 108 valence electrons. The van der Waals surface area contributed by atoms with Crippen LogP contribution in [0.15, 0.2) is 21.2 Å². The summed E-state index contributed by atoms with van der Waals surface area (Å²) in [6.07, 6.45) is 2.43. The first kappa shape index (κ1) is 16.6. The molecule has 1 heterocycles. The summed E-state index contributed by atoms with van der Waals surface area (Å²) in [5.41, 5.74) is 4.44. The van der Waals surface area contributed by atoms with Gasteiger partial charge in [-0.25, -0.2) is 4.79 Å². The molecule has 0 aliphatic rings. The van der Waals surface area contributed by atoms with E-state index < -0.39 is 17.1 Å². The van der Waals surface area contributed by atoms with Crippen LogP contribution >= 0.6 is 27.7 Å². The highest BCUT2D eigenvalue weighted by atomic mass is 79.9. The average molecular weight is 350 g/mol. The number of halogens is 1. The molecule has 2 N–H and O–H groups in total. The van der Waals surface area contributed by atoms with Gasteiger partial charge < -0.3 is 14.9 Å². The fourth-order valence-electron chi connectivity index (χ4n) is 1.51. The lowest BCUT2D eigenvalue weighted by atomic mass is 9.94. The lowest BCUT2D eigenvalue weighted by Crippen LogP contribution is -2.48. The van der Waals surface area contributed by atoms with Gasteiger partial charge >= 0.3 is 5.97 Å². The van der Waals surface area contributed by atoms with E-state index in [1.165, 1.54) is 0 Å². The topological polar surface area (TPSA) is 65.5 Å². The predicted molar refractivity (Wildman–Crippen MR) is 81.1 cm³/mol. The van der Waals surface area contributed by atoms with Gasteiger partial charge in [0.25, 0.3) is 0 Å². The fraction of sp³-hybridized carbons (Fsp3) is 0.615. The highest BCUT2D eigenvalue weighted by molar-refractivity contribution is 9.10. The van der Waals surface area contributed by atoms with Crippen molar-refractivity contribution in [2.45, 2.75) is 38.3 Å². The van der Waals surface area contributed by atoms with E-state index in [0.29, 0.717) is 16.9 Å². The number of hydrogen-bond acceptors (Lipinski definition) is 5. The van der Waals surface area contributed by atoms with Gasteiger partial charge in [0.2, 0.25) is 0 Å². The second kappa shape index (κ2) is 6.33. The molecule has 0 aromatic carbocycles. The van der Waals surface area contributed by atoms with Crippen LogP contribution in [0.3, 0.4) is 0 Å². The van der Waals surface area contributed by atoms with Gasteiger partial charge in [-0.15, -0.1) is 0 Å². The van der Waals surface area contributed by atoms with Gasteiger partial charge in [-0.3, -0.25) is 0 Å². The second-order valence-electron chi connectivity index (χ2n) is 5.32. The minimum Gasteiger partial charge on any atom is -0.458 e. The van der Waals surface area contributed by atoms with E-state index in [0.717, 1.165) is 5.75 Å². The summed E-state index contributed by atoms with van der Waals surface area (Å²) in [5.74, 6) is 0.701. The quantitative estimate of drug-likeness (QED) is 0.826. The van der Waals surface area contributed by atoms with Crippen LogP contribution in [0.5, 0.6) is 0 Å². The van der Waals surface area contributed by atoms with Crippen molar-refractivity contribution in [3.05, 3.63) is 22.6 Å². The summed E-state index contributed by atoms with van der Waals surface area (Å²) >= 11 is 4.85. The molecule has 0 aliphatic carbocycles. The zero-order valence-electron chi connectivity index (χ0n) is 11.7. The summed E-state index contributed by atoms with van der Waals surface area (Å²) in [6, 6.07) is 3.43. The van der Waals surface area contributed by atoms with E-state index in [-0.39, 0.29) is 0 Å². The van der Waals surface area contributed by atoms with E-state index in [4.69, 9.17) is 14.9 Å². The van der Waals surface area contributed by atoms with Crippen LogP contribution in [0.25, 0.3) is 0 Å². The molecule has 1 unspecified atom stereocenters. The Morgan fingerprint density at radius 2 is 2.11 bits per heavy atom. The zero-order valence-corrected chi connectivity index (χ0v) is 14.1. The van der Waals surface area contributed by atoms with Crippen molar-refractivity contribution >= 4 is 33.7 Å². The standard InChI is InChI=1S/C13H20BrNO3S/c1-12(2,3)18-11(16)13(15,7-8-19-4)9-5-6-10(14)17-9/h5-6H,7-8,15H2,1-4H3. The van der Waals surface area contributed by atoms with Crippen molar-refractivity contribution in [1.82, 2.24) is 0 Å². The Kier molecular flexibility index (Phi) is 5.53. The van der Waals surface area contributed by atoms with Gasteiger partial charge in [-0.05, 0) is 67.3 Å². The summed E-state index contributed by atoms with van der Waals surface area (Å²) in [7, 11) is 0. The van der Waals surface area contributed by atoms with Crippen LogP contribution in [-0.4, -0.2) is 23.6 Å². The number of hydrogen-bond donors (Lipinski definition) is 1. The summed E-state index contributed by atoms with van der Waals surface area (Å²) in [4.78, 5) is 12.4. The van der Waals surface area contributed by atoms with Crippen molar-refractivity contribution in [3.63, 3.8) is 0 Å². The Morgan fingerprint density at radius 3 is 2.53 bits per heavy atom. The molecule has 6 heteroatoms. The number of thioether (sulfide) groups is 1. The number of esters is 1. The first-order valence-electron chi connectivity index (χ1n) is 5.96. The Labute approximate surface area is 126 Å². The number of carbonyl (C=O) groups excluding carboxylic acids is 1. The maximum Gasteiger partial charge on any atom is 0.334 e. The van der Waals surface area contributed by atoms with Gasteiger partial charge in [-0.2, -0.15) is 11.8 Å². The van der Waals surface area contributed by atoms with Crippen molar-refractivity contribution in [2.75, 3.05) is 12.0 Å². The molecule has 0 fully saturated rings. The van der Waals surface area contributed by atoms with Crippen LogP contribution in [0.4, 0.5) is 0 Å². The highest BCUT2D eigenvalue weighted by Crippen LogP contribution is 2.30. The first-order valence-corrected chi connectivity index (χ1v) is 8.15. The molecule has 1 aromatic rings. The number of ether oxygens (including phenoxy) is 1. The van der Waals surface area contributed by atoms with Gasteiger partial charge in [0.15, 0.2) is 10.2 Å². The third-order valence-corrected chi connectivity index (χ3v) is 3.52. The highest BCUT2D eigenvalue weighted by Gasteiger charge is 2.42. The van der Waals surface area contributed by atoms with E-state index in [1.807, 2.05) is 27.0 Å². The molecular formula is C13H20BrNO3S. The maximum absolute atomic E-state index is 12.4. The smallest absolute Gasteiger partial charge is 0.334 e. The van der Waals surface area contributed by atoms with Crippen molar-refractivity contribution in [1.29, 1.82) is 0 Å². The Morgan fingerprint density at radius 1 is 1.47 bits per heavy atom. The molecule has 0 bridgehead atoms. The fourth-order valence-corrected chi connectivity index (χ4v) is 2.34. The molecule has 0 saturated heterocycles. The van der Waals surface area contributed by atoms with E-state index in [9.17, 15) is 4.79 Å². The molecule has 0 amide bonds. The molecule has 1 atom stereocenters. The van der Waals surface area contributed by atoms with E-state index in [1.54, 1.807) is 23.9 Å². The minimum atomic E-state index is -1.25. The summed E-state index contributed by atoms with van der Waals surface area (Å²) in [5, 5.41) is 0. The van der Waals surface area contributed by atoms with Crippen LogP contribution in [0.1, 0.15) is 33.0 Å². The monoisotopic (exact) mass is 349 g/mol. The van der Waals surface area contributed by atoms with Crippen LogP contribution in [0, 0.1) is 0 Å². The Bertz CT molecular complexity index is 441. The molecular weight excluding hydrogens is 330 g/mol. The second-order valence-corrected chi connectivity index (χ2v) is 7.09. The molecule has 0 saturated carbocycles. The Hall–Kier alpha value is -0.460. The number of furan rings is 1. The third-order valence-electron chi connectivity index (χ3n) is 2.48. The van der Waals surface area contributed by atoms with Gasteiger partial charge in [-0.1, -0.05) is 0 Å². The van der Waals surface area contributed by atoms with Crippen molar-refractivity contribution < 1.29 is 13.9 Å². The van der Waals surface area contributed by atoms with Gasteiger partial charge in [0.05, 0.1) is 0 Å². The number of rotatable bonds is 5. The number of nitrogens with two attached hydrogens (primary N) is 1. The normalized spacial score (nSPS) is 15.1. The maximum atomic E-state index is 12.4. The summed E-state index contributed by atoms with van der Waals surface area (Å²) < 4.78 is 11.4. The molecule has 0 aliphatic heterocycles. The number of carbonyl (C=O) groups is 1.